The van der Waals surface area contributed by atoms with E-state index in [0.29, 0.717) is 6.04 Å². The largest absolute Gasteiger partial charge is 0.497 e. The molecular formula is C26H25N5O2S. The molecule has 2 aromatic carbocycles. The molecule has 1 fully saturated rings. The number of carbonyl (C=O) groups is 1. The molecule has 4 aromatic rings. The van der Waals surface area contributed by atoms with Crippen molar-refractivity contribution in [3.63, 3.8) is 0 Å². The molecule has 2 heterocycles. The lowest BCUT2D eigenvalue weighted by atomic mass is 9.98. The van der Waals surface area contributed by atoms with Crippen LogP contribution in [0.15, 0.2) is 84.3 Å². The molecule has 1 saturated carbocycles. The van der Waals surface area contributed by atoms with Gasteiger partial charge in [-0.2, -0.15) is 0 Å². The summed E-state index contributed by atoms with van der Waals surface area (Å²) < 4.78 is 7.44. The quantitative estimate of drug-likeness (QED) is 0.357. The lowest BCUT2D eigenvalue weighted by Gasteiger charge is -2.20. The zero-order valence-electron chi connectivity index (χ0n) is 18.8. The van der Waals surface area contributed by atoms with E-state index in [-0.39, 0.29) is 17.7 Å². The lowest BCUT2D eigenvalue weighted by Crippen LogP contribution is -2.30. The van der Waals surface area contributed by atoms with Crippen molar-refractivity contribution in [3.8, 4) is 17.1 Å². The van der Waals surface area contributed by atoms with Crippen LogP contribution >= 0.6 is 11.8 Å². The Morgan fingerprint density at radius 2 is 1.74 bits per heavy atom. The van der Waals surface area contributed by atoms with Crippen molar-refractivity contribution >= 4 is 17.7 Å². The van der Waals surface area contributed by atoms with Crippen molar-refractivity contribution in [1.82, 2.24) is 25.1 Å². The first-order valence-corrected chi connectivity index (χ1v) is 12.2. The molecule has 8 heteroatoms. The summed E-state index contributed by atoms with van der Waals surface area (Å²) in [5, 5.41) is 12.8. The molecule has 0 aliphatic heterocycles. The topological polar surface area (TPSA) is 81.9 Å². The summed E-state index contributed by atoms with van der Waals surface area (Å²) in [6.07, 6.45) is 5.71. The van der Waals surface area contributed by atoms with Crippen LogP contribution in [0.3, 0.4) is 0 Å². The Balaban J connectivity index is 1.32. The summed E-state index contributed by atoms with van der Waals surface area (Å²) in [7, 11) is 1.64. The van der Waals surface area contributed by atoms with Crippen LogP contribution in [-0.2, 0) is 4.79 Å². The number of hydrogen-bond donors (Lipinski definition) is 1. The third-order valence-electron chi connectivity index (χ3n) is 5.73. The number of nitrogens with zero attached hydrogens (tertiary/aromatic N) is 4. The first-order chi connectivity index (χ1) is 16.7. The summed E-state index contributed by atoms with van der Waals surface area (Å²) >= 11 is 1.42. The maximum Gasteiger partial charge on any atom is 0.231 e. The van der Waals surface area contributed by atoms with E-state index in [2.05, 4.69) is 25.1 Å². The predicted molar refractivity (Wildman–Crippen MR) is 132 cm³/mol. The highest BCUT2D eigenvalue weighted by Crippen LogP contribution is 2.41. The Kier molecular flexibility index (Phi) is 6.58. The molecule has 0 unspecified atom stereocenters. The van der Waals surface area contributed by atoms with Crippen molar-refractivity contribution in [1.29, 1.82) is 0 Å². The van der Waals surface area contributed by atoms with E-state index in [0.717, 1.165) is 46.3 Å². The standard InChI is InChI=1S/C26H25N5O2S/c1-33-22-11-7-19(8-12-22)24(18-5-3-2-4-6-18)28-23(32)17-34-26-30-29-25(31(26)21-9-10-21)20-13-15-27-16-14-20/h2-8,11-16,21,24H,9-10,17H2,1H3,(H,28,32)/t24-/m1/s1. The van der Waals surface area contributed by atoms with Crippen LogP contribution in [0.2, 0.25) is 0 Å². The van der Waals surface area contributed by atoms with E-state index in [1.54, 1.807) is 19.5 Å². The summed E-state index contributed by atoms with van der Waals surface area (Å²) in [4.78, 5) is 17.1. The number of hydrogen-bond acceptors (Lipinski definition) is 6. The van der Waals surface area contributed by atoms with Gasteiger partial charge in [0, 0.05) is 24.0 Å². The van der Waals surface area contributed by atoms with Crippen LogP contribution in [-0.4, -0.2) is 38.5 Å². The molecule has 0 spiro atoms. The van der Waals surface area contributed by atoms with E-state index in [1.807, 2.05) is 66.7 Å². The number of methoxy groups -OCH3 is 1. The van der Waals surface area contributed by atoms with Crippen molar-refractivity contribution in [2.45, 2.75) is 30.1 Å². The van der Waals surface area contributed by atoms with Gasteiger partial charge < -0.3 is 10.1 Å². The maximum atomic E-state index is 13.0. The lowest BCUT2D eigenvalue weighted by molar-refractivity contribution is -0.119. The van der Waals surface area contributed by atoms with Gasteiger partial charge in [0.15, 0.2) is 11.0 Å². The van der Waals surface area contributed by atoms with E-state index in [4.69, 9.17) is 4.74 Å². The van der Waals surface area contributed by atoms with E-state index in [9.17, 15) is 4.79 Å². The fourth-order valence-corrected chi connectivity index (χ4v) is 4.69. The fourth-order valence-electron chi connectivity index (χ4n) is 3.87. The SMILES string of the molecule is COc1ccc([C@H](NC(=O)CSc2nnc(-c3ccncc3)n2C2CC2)c2ccccc2)cc1. The van der Waals surface area contributed by atoms with Crippen molar-refractivity contribution < 1.29 is 9.53 Å². The summed E-state index contributed by atoms with van der Waals surface area (Å²) in [6, 6.07) is 21.7. The summed E-state index contributed by atoms with van der Waals surface area (Å²) in [5.41, 5.74) is 2.99. The number of carbonyl (C=O) groups excluding carboxylic acids is 1. The average Bonchev–Trinajstić information content (AvgIpc) is 3.65. The van der Waals surface area contributed by atoms with Crippen LogP contribution in [0.25, 0.3) is 11.4 Å². The highest BCUT2D eigenvalue weighted by Gasteiger charge is 2.30. The third-order valence-corrected chi connectivity index (χ3v) is 6.68. The van der Waals surface area contributed by atoms with Gasteiger partial charge in [0.1, 0.15) is 5.75 Å². The minimum absolute atomic E-state index is 0.0644. The molecule has 0 radical (unpaired) electrons. The first kappa shape index (κ1) is 22.2. The molecule has 0 saturated heterocycles. The monoisotopic (exact) mass is 471 g/mol. The van der Waals surface area contributed by atoms with Gasteiger partial charge in [-0.25, -0.2) is 0 Å². The number of rotatable bonds is 9. The molecule has 1 amide bonds. The minimum atomic E-state index is -0.256. The smallest absolute Gasteiger partial charge is 0.231 e. The van der Waals surface area contributed by atoms with Crippen LogP contribution in [0.4, 0.5) is 0 Å². The molecule has 172 valence electrons. The van der Waals surface area contributed by atoms with E-state index >= 15 is 0 Å². The second kappa shape index (κ2) is 10.1. The molecule has 1 N–H and O–H groups in total. The Labute approximate surface area is 202 Å². The van der Waals surface area contributed by atoms with Gasteiger partial charge >= 0.3 is 0 Å². The number of ether oxygens (including phenoxy) is 1. The summed E-state index contributed by atoms with van der Waals surface area (Å²) in [6.45, 7) is 0. The Morgan fingerprint density at radius 3 is 2.41 bits per heavy atom. The Morgan fingerprint density at radius 1 is 1.03 bits per heavy atom. The van der Waals surface area contributed by atoms with E-state index < -0.39 is 0 Å². The average molecular weight is 472 g/mol. The van der Waals surface area contributed by atoms with Gasteiger partial charge in [0.2, 0.25) is 5.91 Å². The summed E-state index contributed by atoms with van der Waals surface area (Å²) in [5.74, 6) is 1.79. The predicted octanol–water partition coefficient (Wildman–Crippen LogP) is 4.68. The van der Waals surface area contributed by atoms with Crippen molar-refractivity contribution in [2.75, 3.05) is 12.9 Å². The molecule has 34 heavy (non-hydrogen) atoms. The van der Waals surface area contributed by atoms with Crippen LogP contribution < -0.4 is 10.1 Å². The number of nitrogens with one attached hydrogen (secondary N) is 1. The van der Waals surface area contributed by atoms with Crippen LogP contribution in [0.1, 0.15) is 36.1 Å². The zero-order valence-corrected chi connectivity index (χ0v) is 19.6. The second-order valence-electron chi connectivity index (χ2n) is 8.12. The minimum Gasteiger partial charge on any atom is -0.497 e. The molecular weight excluding hydrogens is 446 g/mol. The van der Waals surface area contributed by atoms with Gasteiger partial charge in [0.05, 0.1) is 18.9 Å². The highest BCUT2D eigenvalue weighted by atomic mass is 32.2. The van der Waals surface area contributed by atoms with Gasteiger partial charge in [-0.1, -0.05) is 54.2 Å². The number of thioether (sulfide) groups is 1. The second-order valence-corrected chi connectivity index (χ2v) is 9.06. The molecule has 2 aromatic heterocycles. The van der Waals surface area contributed by atoms with Crippen LogP contribution in [0, 0.1) is 0 Å². The molecule has 1 atom stereocenters. The molecule has 7 nitrogen and oxygen atoms in total. The first-order valence-electron chi connectivity index (χ1n) is 11.2. The highest BCUT2D eigenvalue weighted by molar-refractivity contribution is 7.99. The van der Waals surface area contributed by atoms with Gasteiger partial charge in [0.25, 0.3) is 0 Å². The fraction of sp³-hybridized carbons (Fsp3) is 0.231. The molecule has 0 bridgehead atoms. The Hall–Kier alpha value is -3.65. The number of amides is 1. The van der Waals surface area contributed by atoms with E-state index in [1.165, 1.54) is 11.8 Å². The molecule has 1 aliphatic carbocycles. The number of benzene rings is 2. The van der Waals surface area contributed by atoms with Crippen LogP contribution in [0.5, 0.6) is 5.75 Å². The number of aromatic nitrogens is 4. The Bertz CT molecular complexity index is 1240. The van der Waals surface area contributed by atoms with Crippen molar-refractivity contribution in [3.05, 3.63) is 90.3 Å². The van der Waals surface area contributed by atoms with Gasteiger partial charge in [-0.05, 0) is 48.2 Å². The number of pyridine rings is 1. The molecule has 1 aliphatic rings. The maximum absolute atomic E-state index is 13.0. The third kappa shape index (κ3) is 4.97. The zero-order chi connectivity index (χ0) is 23.3. The van der Waals surface area contributed by atoms with Gasteiger partial charge in [-0.15, -0.1) is 10.2 Å². The molecule has 5 rings (SSSR count). The van der Waals surface area contributed by atoms with Gasteiger partial charge in [-0.3, -0.25) is 14.3 Å². The van der Waals surface area contributed by atoms with Crippen molar-refractivity contribution in [2.24, 2.45) is 0 Å². The normalized spacial score (nSPS) is 13.9.